The Morgan fingerprint density at radius 2 is 1.87 bits per heavy atom. The first-order chi connectivity index (χ1) is 14.6. The van der Waals surface area contributed by atoms with Gasteiger partial charge in [-0.2, -0.15) is 0 Å². The number of benzene rings is 2. The van der Waals surface area contributed by atoms with Gasteiger partial charge in [0.2, 0.25) is 0 Å². The third-order valence-corrected chi connectivity index (χ3v) is 6.04. The monoisotopic (exact) mass is 406 g/mol. The molecule has 0 radical (unpaired) electrons. The second-order valence-electron chi connectivity index (χ2n) is 8.35. The van der Waals surface area contributed by atoms with Crippen molar-refractivity contribution >= 4 is 17.5 Å². The maximum absolute atomic E-state index is 13.5. The Morgan fingerprint density at radius 1 is 1.00 bits per heavy atom. The average molecular weight is 407 g/mol. The third kappa shape index (κ3) is 4.73. The number of amides is 2. The Bertz CT molecular complexity index is 905. The molecule has 0 spiro atoms. The quantitative estimate of drug-likeness (QED) is 0.788. The van der Waals surface area contributed by atoms with E-state index >= 15 is 0 Å². The number of likely N-dealkylation sites (tertiary alicyclic amines) is 1. The Kier molecular flexibility index (Phi) is 6.48. The Morgan fingerprint density at radius 3 is 2.67 bits per heavy atom. The summed E-state index contributed by atoms with van der Waals surface area (Å²) in [5, 5.41) is 2.91. The Labute approximate surface area is 178 Å². The van der Waals surface area contributed by atoms with Gasteiger partial charge in [-0.1, -0.05) is 48.7 Å². The summed E-state index contributed by atoms with van der Waals surface area (Å²) in [6, 6.07) is 15.8. The standard InChI is InChI=1S/C25H30N2O3/c1-18-8-5-9-19(16-18)22-12-3-2-4-14-27(22)25(29)20-10-6-11-21(17-20)26-24(28)23-13-7-15-30-23/h5-6,8-11,16-17,22-23H,2-4,7,12-15H2,1H3,(H,26,28). The van der Waals surface area contributed by atoms with Crippen LogP contribution in [0.15, 0.2) is 48.5 Å². The van der Waals surface area contributed by atoms with Gasteiger partial charge in [0.05, 0.1) is 6.04 Å². The number of carbonyl (C=O) groups is 2. The van der Waals surface area contributed by atoms with Crippen LogP contribution in [0.1, 0.15) is 66.1 Å². The molecule has 0 aromatic heterocycles. The molecule has 2 aliphatic heterocycles. The van der Waals surface area contributed by atoms with Crippen LogP contribution in [0.4, 0.5) is 5.69 Å². The molecule has 1 N–H and O–H groups in total. The van der Waals surface area contributed by atoms with Crippen molar-refractivity contribution in [3.8, 4) is 0 Å². The van der Waals surface area contributed by atoms with Gasteiger partial charge in [0, 0.05) is 24.4 Å². The third-order valence-electron chi connectivity index (χ3n) is 6.04. The lowest BCUT2D eigenvalue weighted by Gasteiger charge is -2.31. The molecule has 5 heteroatoms. The minimum absolute atomic E-state index is 0.0246. The van der Waals surface area contributed by atoms with Gasteiger partial charge in [0.15, 0.2) is 0 Å². The zero-order chi connectivity index (χ0) is 20.9. The van der Waals surface area contributed by atoms with Gasteiger partial charge in [-0.25, -0.2) is 0 Å². The fraction of sp³-hybridized carbons (Fsp3) is 0.440. The average Bonchev–Trinajstić information content (AvgIpc) is 3.18. The fourth-order valence-corrected chi connectivity index (χ4v) is 4.48. The van der Waals surface area contributed by atoms with E-state index in [1.807, 2.05) is 23.1 Å². The number of hydrogen-bond acceptors (Lipinski definition) is 3. The van der Waals surface area contributed by atoms with Gasteiger partial charge in [-0.3, -0.25) is 9.59 Å². The van der Waals surface area contributed by atoms with Crippen molar-refractivity contribution in [2.24, 2.45) is 0 Å². The molecule has 4 rings (SSSR count). The van der Waals surface area contributed by atoms with Crippen LogP contribution < -0.4 is 5.32 Å². The van der Waals surface area contributed by atoms with Crippen LogP contribution >= 0.6 is 0 Å². The lowest BCUT2D eigenvalue weighted by Crippen LogP contribution is -2.35. The summed E-state index contributed by atoms with van der Waals surface area (Å²) in [6.07, 6.45) is 5.53. The van der Waals surface area contributed by atoms with Crippen molar-refractivity contribution < 1.29 is 14.3 Å². The summed E-state index contributed by atoms with van der Waals surface area (Å²) in [5.41, 5.74) is 3.67. The molecule has 2 aromatic rings. The van der Waals surface area contributed by atoms with Crippen LogP contribution in [-0.2, 0) is 9.53 Å². The van der Waals surface area contributed by atoms with E-state index in [1.54, 1.807) is 6.07 Å². The lowest BCUT2D eigenvalue weighted by atomic mass is 9.98. The molecule has 0 aliphatic carbocycles. The maximum Gasteiger partial charge on any atom is 0.254 e. The van der Waals surface area contributed by atoms with Gasteiger partial charge in [-0.15, -0.1) is 0 Å². The minimum atomic E-state index is -0.388. The largest absolute Gasteiger partial charge is 0.368 e. The van der Waals surface area contributed by atoms with Crippen LogP contribution in [0.2, 0.25) is 0 Å². The van der Waals surface area contributed by atoms with E-state index in [1.165, 1.54) is 11.1 Å². The Balaban J connectivity index is 1.54. The normalized spacial score (nSPS) is 21.8. The highest BCUT2D eigenvalue weighted by Gasteiger charge is 2.28. The number of carbonyl (C=O) groups excluding carboxylic acids is 2. The minimum Gasteiger partial charge on any atom is -0.368 e. The van der Waals surface area contributed by atoms with E-state index in [9.17, 15) is 9.59 Å². The molecular weight excluding hydrogens is 376 g/mol. The summed E-state index contributed by atoms with van der Waals surface area (Å²) in [4.78, 5) is 27.9. The van der Waals surface area contributed by atoms with Crippen molar-refractivity contribution in [3.05, 3.63) is 65.2 Å². The summed E-state index contributed by atoms with van der Waals surface area (Å²) in [5.74, 6) is -0.110. The van der Waals surface area contributed by atoms with E-state index in [0.717, 1.165) is 45.1 Å². The SMILES string of the molecule is Cc1cccc(C2CCCCCN2C(=O)c2cccc(NC(=O)C3CCCO3)c2)c1. The number of ether oxygens (including phenoxy) is 1. The summed E-state index contributed by atoms with van der Waals surface area (Å²) in [6.45, 7) is 3.47. The molecule has 0 bridgehead atoms. The zero-order valence-corrected chi connectivity index (χ0v) is 17.6. The van der Waals surface area contributed by atoms with E-state index in [4.69, 9.17) is 4.74 Å². The first-order valence-electron chi connectivity index (χ1n) is 11.0. The van der Waals surface area contributed by atoms with E-state index in [0.29, 0.717) is 17.9 Å². The van der Waals surface area contributed by atoms with Crippen LogP contribution in [-0.4, -0.2) is 36.0 Å². The predicted molar refractivity (Wildman–Crippen MR) is 117 cm³/mol. The van der Waals surface area contributed by atoms with Crippen LogP contribution in [0, 0.1) is 6.92 Å². The number of nitrogens with zero attached hydrogens (tertiary/aromatic N) is 1. The highest BCUT2D eigenvalue weighted by Crippen LogP contribution is 2.32. The van der Waals surface area contributed by atoms with Crippen LogP contribution in [0.25, 0.3) is 0 Å². The highest BCUT2D eigenvalue weighted by molar-refractivity contribution is 5.98. The van der Waals surface area contributed by atoms with Crippen molar-refractivity contribution in [2.75, 3.05) is 18.5 Å². The molecule has 30 heavy (non-hydrogen) atoms. The maximum atomic E-state index is 13.5. The number of anilines is 1. The van der Waals surface area contributed by atoms with Crippen molar-refractivity contribution in [1.29, 1.82) is 0 Å². The lowest BCUT2D eigenvalue weighted by molar-refractivity contribution is -0.124. The molecule has 158 valence electrons. The number of hydrogen-bond donors (Lipinski definition) is 1. The summed E-state index contributed by atoms with van der Waals surface area (Å²) in [7, 11) is 0. The van der Waals surface area contributed by atoms with Crippen LogP contribution in [0.3, 0.4) is 0 Å². The topological polar surface area (TPSA) is 58.6 Å². The number of rotatable bonds is 4. The van der Waals surface area contributed by atoms with Gasteiger partial charge in [0.1, 0.15) is 6.10 Å². The van der Waals surface area contributed by atoms with E-state index < -0.39 is 0 Å². The second-order valence-corrected chi connectivity index (χ2v) is 8.35. The van der Waals surface area contributed by atoms with Crippen molar-refractivity contribution in [2.45, 2.75) is 57.6 Å². The van der Waals surface area contributed by atoms with Crippen molar-refractivity contribution in [1.82, 2.24) is 4.90 Å². The molecule has 2 atom stereocenters. The van der Waals surface area contributed by atoms with E-state index in [2.05, 4.69) is 36.5 Å². The molecule has 2 aliphatic rings. The molecule has 2 aromatic carbocycles. The number of nitrogens with one attached hydrogen (secondary N) is 1. The highest BCUT2D eigenvalue weighted by atomic mass is 16.5. The smallest absolute Gasteiger partial charge is 0.254 e. The first kappa shape index (κ1) is 20.6. The van der Waals surface area contributed by atoms with Gasteiger partial charge in [-0.05, 0) is 56.4 Å². The molecule has 2 saturated heterocycles. The molecule has 0 saturated carbocycles. The molecule has 2 fully saturated rings. The predicted octanol–water partition coefficient (Wildman–Crippen LogP) is 4.87. The van der Waals surface area contributed by atoms with Gasteiger partial charge < -0.3 is 15.0 Å². The summed E-state index contributed by atoms with van der Waals surface area (Å²) >= 11 is 0. The molecule has 5 nitrogen and oxygen atoms in total. The first-order valence-corrected chi connectivity index (χ1v) is 11.0. The summed E-state index contributed by atoms with van der Waals surface area (Å²) < 4.78 is 5.46. The molecule has 2 amide bonds. The van der Waals surface area contributed by atoms with Crippen LogP contribution in [0.5, 0.6) is 0 Å². The molecule has 2 heterocycles. The molecular formula is C25H30N2O3. The van der Waals surface area contributed by atoms with E-state index in [-0.39, 0.29) is 24.0 Å². The zero-order valence-electron chi connectivity index (χ0n) is 17.6. The fourth-order valence-electron chi connectivity index (χ4n) is 4.48. The Hall–Kier alpha value is -2.66. The number of aryl methyl sites for hydroxylation is 1. The van der Waals surface area contributed by atoms with Crippen molar-refractivity contribution in [3.63, 3.8) is 0 Å². The molecule has 2 unspecified atom stereocenters. The van der Waals surface area contributed by atoms with Gasteiger partial charge in [0.25, 0.3) is 11.8 Å². The second kappa shape index (κ2) is 9.43. The van der Waals surface area contributed by atoms with Gasteiger partial charge >= 0.3 is 0 Å².